The number of likely N-dealkylation sites (tertiary alicyclic amines) is 1. The number of nitrogens with one attached hydrogen (secondary N) is 1. The summed E-state index contributed by atoms with van der Waals surface area (Å²) in [6, 6.07) is 4.56. The number of hydrogen-bond donors (Lipinski definition) is 1. The van der Waals surface area contributed by atoms with Gasteiger partial charge in [-0.05, 0) is 79.3 Å². The predicted octanol–water partition coefficient (Wildman–Crippen LogP) is 4.94. The van der Waals surface area contributed by atoms with Crippen molar-refractivity contribution in [2.75, 3.05) is 25.0 Å². The van der Waals surface area contributed by atoms with Crippen LogP contribution < -0.4 is 5.32 Å². The van der Waals surface area contributed by atoms with E-state index in [0.717, 1.165) is 27.3 Å². The molecule has 1 N–H and O–H groups in total. The first-order valence-electron chi connectivity index (χ1n) is 7.45. The number of anilines is 1. The molecule has 1 aromatic carbocycles. The zero-order valence-corrected chi connectivity index (χ0v) is 14.9. The lowest BCUT2D eigenvalue weighted by Crippen LogP contribution is -2.41. The van der Waals surface area contributed by atoms with Gasteiger partial charge in [0.2, 0.25) is 0 Å². The quantitative estimate of drug-likeness (QED) is 0.819. The van der Waals surface area contributed by atoms with E-state index in [2.05, 4.69) is 46.1 Å². The maximum atomic E-state index is 6.23. The van der Waals surface area contributed by atoms with Crippen molar-refractivity contribution in [3.8, 4) is 0 Å². The third-order valence-corrected chi connectivity index (χ3v) is 5.39. The summed E-state index contributed by atoms with van der Waals surface area (Å²) in [5.41, 5.74) is 2.20. The van der Waals surface area contributed by atoms with E-state index in [1.54, 1.807) is 0 Å². The Labute approximate surface area is 136 Å². The van der Waals surface area contributed by atoms with Crippen molar-refractivity contribution in [1.29, 1.82) is 0 Å². The van der Waals surface area contributed by atoms with Gasteiger partial charge in [0.15, 0.2) is 0 Å². The van der Waals surface area contributed by atoms with E-state index in [9.17, 15) is 0 Å². The van der Waals surface area contributed by atoms with Crippen molar-refractivity contribution in [2.45, 2.75) is 39.7 Å². The van der Waals surface area contributed by atoms with Crippen LogP contribution in [0.2, 0.25) is 5.02 Å². The summed E-state index contributed by atoms with van der Waals surface area (Å²) in [4.78, 5) is 2.55. The van der Waals surface area contributed by atoms with E-state index in [-0.39, 0.29) is 0 Å². The Morgan fingerprint density at radius 1 is 1.50 bits per heavy atom. The minimum absolute atomic E-state index is 0.458. The van der Waals surface area contributed by atoms with Crippen LogP contribution in [-0.4, -0.2) is 30.6 Å². The summed E-state index contributed by atoms with van der Waals surface area (Å²) in [7, 11) is 0. The van der Waals surface area contributed by atoms with Crippen LogP contribution in [0.4, 0.5) is 5.69 Å². The van der Waals surface area contributed by atoms with Gasteiger partial charge in [0.05, 0.1) is 5.69 Å². The standard InChI is InChI=1S/C16H24BrClN2/c1-4-20-7-5-6-13(10-20)12(3)19-16-9-15(18)11(2)8-14(16)17/h8-9,12-13,19H,4-7,10H2,1-3H3. The lowest BCUT2D eigenvalue weighted by Gasteiger charge is -2.36. The van der Waals surface area contributed by atoms with Crippen LogP contribution in [0.3, 0.4) is 0 Å². The van der Waals surface area contributed by atoms with E-state index >= 15 is 0 Å². The Balaban J connectivity index is 2.04. The average Bonchev–Trinajstić information content (AvgIpc) is 2.44. The molecule has 1 saturated heterocycles. The molecule has 0 saturated carbocycles. The molecule has 2 nitrogen and oxygen atoms in total. The fourth-order valence-electron chi connectivity index (χ4n) is 2.91. The molecule has 0 aromatic heterocycles. The van der Waals surface area contributed by atoms with Crippen LogP contribution in [0.1, 0.15) is 32.3 Å². The molecule has 2 rings (SSSR count). The molecule has 0 aliphatic carbocycles. The summed E-state index contributed by atoms with van der Waals surface area (Å²) in [6.07, 6.45) is 2.61. The van der Waals surface area contributed by atoms with Gasteiger partial charge in [-0.3, -0.25) is 0 Å². The summed E-state index contributed by atoms with van der Waals surface area (Å²) in [6.45, 7) is 10.2. The lowest BCUT2D eigenvalue weighted by molar-refractivity contribution is 0.172. The maximum absolute atomic E-state index is 6.23. The van der Waals surface area contributed by atoms with Crippen molar-refractivity contribution in [1.82, 2.24) is 4.90 Å². The minimum atomic E-state index is 0.458. The molecule has 2 unspecified atom stereocenters. The zero-order chi connectivity index (χ0) is 14.7. The first-order chi connectivity index (χ1) is 9.51. The van der Waals surface area contributed by atoms with E-state index in [1.807, 2.05) is 13.0 Å². The molecular weight excluding hydrogens is 336 g/mol. The second-order valence-electron chi connectivity index (χ2n) is 5.81. The van der Waals surface area contributed by atoms with Gasteiger partial charge in [-0.2, -0.15) is 0 Å². The fraction of sp³-hybridized carbons (Fsp3) is 0.625. The van der Waals surface area contributed by atoms with Crippen LogP contribution in [0, 0.1) is 12.8 Å². The number of rotatable bonds is 4. The normalized spacial score (nSPS) is 21.8. The smallest absolute Gasteiger partial charge is 0.0501 e. The van der Waals surface area contributed by atoms with Crippen LogP contribution in [-0.2, 0) is 0 Å². The van der Waals surface area contributed by atoms with Gasteiger partial charge in [-0.25, -0.2) is 0 Å². The Bertz CT molecular complexity index is 464. The highest BCUT2D eigenvalue weighted by Gasteiger charge is 2.24. The van der Waals surface area contributed by atoms with Crippen molar-refractivity contribution < 1.29 is 0 Å². The molecule has 1 heterocycles. The summed E-state index contributed by atoms with van der Waals surface area (Å²) < 4.78 is 1.09. The first-order valence-corrected chi connectivity index (χ1v) is 8.63. The van der Waals surface area contributed by atoms with Crippen molar-refractivity contribution >= 4 is 33.2 Å². The predicted molar refractivity (Wildman–Crippen MR) is 91.8 cm³/mol. The number of hydrogen-bond acceptors (Lipinski definition) is 2. The van der Waals surface area contributed by atoms with Gasteiger partial charge in [-0.15, -0.1) is 0 Å². The molecule has 1 fully saturated rings. The van der Waals surface area contributed by atoms with Gasteiger partial charge >= 0.3 is 0 Å². The Hall–Kier alpha value is -0.250. The van der Waals surface area contributed by atoms with Crippen LogP contribution >= 0.6 is 27.5 Å². The Morgan fingerprint density at radius 2 is 2.25 bits per heavy atom. The second-order valence-corrected chi connectivity index (χ2v) is 7.07. The molecule has 0 amide bonds. The molecule has 1 aliphatic rings. The Morgan fingerprint density at radius 3 is 2.95 bits per heavy atom. The van der Waals surface area contributed by atoms with Crippen molar-refractivity contribution in [2.24, 2.45) is 5.92 Å². The van der Waals surface area contributed by atoms with Gasteiger partial charge in [0, 0.05) is 22.1 Å². The summed E-state index contributed by atoms with van der Waals surface area (Å²) >= 11 is 9.86. The molecule has 2 atom stereocenters. The van der Waals surface area contributed by atoms with Gasteiger partial charge in [0.25, 0.3) is 0 Å². The highest BCUT2D eigenvalue weighted by atomic mass is 79.9. The molecule has 0 bridgehead atoms. The number of halogens is 2. The maximum Gasteiger partial charge on any atom is 0.0501 e. The van der Waals surface area contributed by atoms with E-state index in [4.69, 9.17) is 11.6 Å². The molecule has 4 heteroatoms. The summed E-state index contributed by atoms with van der Waals surface area (Å²) in [5, 5.41) is 4.46. The van der Waals surface area contributed by atoms with Crippen LogP contribution in [0.5, 0.6) is 0 Å². The number of aryl methyl sites for hydroxylation is 1. The van der Waals surface area contributed by atoms with Crippen LogP contribution in [0.25, 0.3) is 0 Å². The molecule has 0 radical (unpaired) electrons. The molecule has 20 heavy (non-hydrogen) atoms. The third-order valence-electron chi connectivity index (χ3n) is 4.33. The van der Waals surface area contributed by atoms with Crippen LogP contribution in [0.15, 0.2) is 16.6 Å². The van der Waals surface area contributed by atoms with Gasteiger partial charge in [-0.1, -0.05) is 18.5 Å². The SMILES string of the molecule is CCN1CCCC(C(C)Nc2cc(Cl)c(C)cc2Br)C1. The van der Waals surface area contributed by atoms with E-state index < -0.39 is 0 Å². The molecule has 1 aliphatic heterocycles. The molecule has 1 aromatic rings. The number of benzene rings is 1. The first kappa shape index (κ1) is 16.1. The minimum Gasteiger partial charge on any atom is -0.381 e. The third kappa shape index (κ3) is 3.90. The topological polar surface area (TPSA) is 15.3 Å². The molecular formula is C16H24BrClN2. The highest BCUT2D eigenvalue weighted by molar-refractivity contribution is 9.10. The van der Waals surface area contributed by atoms with Gasteiger partial charge < -0.3 is 10.2 Å². The lowest BCUT2D eigenvalue weighted by atomic mass is 9.91. The van der Waals surface area contributed by atoms with Gasteiger partial charge in [0.1, 0.15) is 0 Å². The van der Waals surface area contributed by atoms with E-state index in [1.165, 1.54) is 25.9 Å². The zero-order valence-electron chi connectivity index (χ0n) is 12.5. The largest absolute Gasteiger partial charge is 0.381 e. The highest BCUT2D eigenvalue weighted by Crippen LogP contribution is 2.31. The Kier molecular flexibility index (Phi) is 5.76. The fourth-order valence-corrected chi connectivity index (χ4v) is 3.64. The summed E-state index contributed by atoms with van der Waals surface area (Å²) in [5.74, 6) is 0.704. The molecule has 112 valence electrons. The number of piperidine rings is 1. The second kappa shape index (κ2) is 7.15. The average molecular weight is 360 g/mol. The monoisotopic (exact) mass is 358 g/mol. The number of nitrogens with zero attached hydrogens (tertiary/aromatic N) is 1. The van der Waals surface area contributed by atoms with Crippen molar-refractivity contribution in [3.63, 3.8) is 0 Å². The van der Waals surface area contributed by atoms with Crippen molar-refractivity contribution in [3.05, 3.63) is 27.2 Å². The molecule has 0 spiro atoms. The van der Waals surface area contributed by atoms with E-state index in [0.29, 0.717) is 12.0 Å².